The topological polar surface area (TPSA) is 86.0 Å². The lowest BCUT2D eigenvalue weighted by Gasteiger charge is -2.09. The zero-order valence-electron chi connectivity index (χ0n) is 12.9. The average molecular weight is 389 g/mol. The highest BCUT2D eigenvalue weighted by molar-refractivity contribution is 9.10. The third-order valence-corrected chi connectivity index (χ3v) is 4.19. The quantitative estimate of drug-likeness (QED) is 0.722. The molecule has 0 spiro atoms. The molecular weight excluding hydrogens is 376 g/mol. The maximum absolute atomic E-state index is 12.4. The van der Waals surface area contributed by atoms with Crippen molar-refractivity contribution >= 4 is 38.6 Å². The molecule has 7 nitrogen and oxygen atoms in total. The minimum absolute atomic E-state index is 0.211. The molecular formula is C16H13BrN4O3. The second kappa shape index (κ2) is 6.04. The van der Waals surface area contributed by atoms with Crippen LogP contribution in [0.3, 0.4) is 0 Å². The summed E-state index contributed by atoms with van der Waals surface area (Å²) in [5.74, 6) is -0.386. The summed E-state index contributed by atoms with van der Waals surface area (Å²) in [6.07, 6.45) is 1.34. The summed E-state index contributed by atoms with van der Waals surface area (Å²) in [5, 5.41) is 2.94. The van der Waals surface area contributed by atoms with E-state index in [1.165, 1.54) is 30.9 Å². The molecule has 1 N–H and O–H groups in total. The number of rotatable bonds is 2. The van der Waals surface area contributed by atoms with E-state index in [1.807, 2.05) is 0 Å². The van der Waals surface area contributed by atoms with Crippen molar-refractivity contribution in [1.29, 1.82) is 0 Å². The summed E-state index contributed by atoms with van der Waals surface area (Å²) >= 11 is 3.32. The lowest BCUT2D eigenvalue weighted by molar-refractivity contribution is 0.102. The van der Waals surface area contributed by atoms with Gasteiger partial charge in [0.05, 0.1) is 10.9 Å². The van der Waals surface area contributed by atoms with Crippen molar-refractivity contribution in [2.24, 2.45) is 14.1 Å². The maximum Gasteiger partial charge on any atom is 0.332 e. The van der Waals surface area contributed by atoms with Crippen LogP contribution < -0.4 is 16.6 Å². The Labute approximate surface area is 144 Å². The van der Waals surface area contributed by atoms with Gasteiger partial charge in [-0.2, -0.15) is 0 Å². The zero-order chi connectivity index (χ0) is 17.4. The summed E-state index contributed by atoms with van der Waals surface area (Å²) < 4.78 is 3.16. The van der Waals surface area contributed by atoms with Gasteiger partial charge in [0.25, 0.3) is 11.5 Å². The van der Waals surface area contributed by atoms with Crippen molar-refractivity contribution in [1.82, 2.24) is 14.1 Å². The number of aromatic nitrogens is 3. The summed E-state index contributed by atoms with van der Waals surface area (Å²) in [7, 11) is 2.91. The molecule has 0 unspecified atom stereocenters. The van der Waals surface area contributed by atoms with Crippen LogP contribution in [0.5, 0.6) is 0 Å². The Bertz CT molecular complexity index is 1070. The number of amides is 1. The van der Waals surface area contributed by atoms with Gasteiger partial charge < -0.3 is 5.32 Å². The number of anilines is 1. The van der Waals surface area contributed by atoms with Crippen molar-refractivity contribution in [3.8, 4) is 0 Å². The van der Waals surface area contributed by atoms with Crippen molar-refractivity contribution < 1.29 is 4.79 Å². The van der Waals surface area contributed by atoms with E-state index in [4.69, 9.17) is 0 Å². The number of nitrogens with one attached hydrogen (secondary N) is 1. The van der Waals surface area contributed by atoms with E-state index < -0.39 is 11.2 Å². The third kappa shape index (κ3) is 2.76. The minimum Gasteiger partial charge on any atom is -0.322 e. The molecule has 3 aromatic rings. The smallest absolute Gasteiger partial charge is 0.322 e. The number of nitrogens with zero attached hydrogens (tertiary/aromatic N) is 3. The van der Waals surface area contributed by atoms with Crippen LogP contribution in [0, 0.1) is 0 Å². The Kier molecular flexibility index (Phi) is 4.06. The Balaban J connectivity index is 2.04. The van der Waals surface area contributed by atoms with Gasteiger partial charge in [-0.05, 0) is 30.3 Å². The molecule has 0 bridgehead atoms. The Morgan fingerprint density at radius 3 is 2.46 bits per heavy atom. The molecule has 1 amide bonds. The van der Waals surface area contributed by atoms with Crippen LogP contribution in [-0.4, -0.2) is 20.0 Å². The van der Waals surface area contributed by atoms with E-state index in [0.29, 0.717) is 5.69 Å². The van der Waals surface area contributed by atoms with Crippen LogP contribution >= 0.6 is 15.9 Å². The molecule has 0 aliphatic carbocycles. The van der Waals surface area contributed by atoms with E-state index in [0.717, 1.165) is 9.04 Å². The number of fused-ring (bicyclic) bond motifs is 1. The van der Waals surface area contributed by atoms with E-state index >= 15 is 0 Å². The zero-order valence-corrected chi connectivity index (χ0v) is 14.5. The van der Waals surface area contributed by atoms with E-state index in [-0.39, 0.29) is 22.5 Å². The number of benzene rings is 1. The molecule has 0 fully saturated rings. The van der Waals surface area contributed by atoms with Gasteiger partial charge in [0, 0.05) is 30.5 Å². The fraction of sp³-hybridized carbons (Fsp3) is 0.125. The van der Waals surface area contributed by atoms with Gasteiger partial charge >= 0.3 is 5.69 Å². The monoisotopic (exact) mass is 388 g/mol. The number of halogens is 1. The highest BCUT2D eigenvalue weighted by Gasteiger charge is 2.13. The highest BCUT2D eigenvalue weighted by atomic mass is 79.9. The van der Waals surface area contributed by atoms with Crippen molar-refractivity contribution in [3.05, 3.63) is 67.4 Å². The molecule has 1 aromatic carbocycles. The molecule has 8 heteroatoms. The first-order chi connectivity index (χ1) is 11.4. The first-order valence-corrected chi connectivity index (χ1v) is 7.80. The molecule has 0 aliphatic heterocycles. The molecule has 0 saturated carbocycles. The molecule has 0 atom stereocenters. The molecule has 2 heterocycles. The van der Waals surface area contributed by atoms with Crippen LogP contribution in [0.25, 0.3) is 11.0 Å². The second-order valence-corrected chi connectivity index (χ2v) is 6.18. The molecule has 0 radical (unpaired) electrons. The molecule has 0 aliphatic rings. The van der Waals surface area contributed by atoms with Gasteiger partial charge in [-0.25, -0.2) is 9.78 Å². The van der Waals surface area contributed by atoms with Gasteiger partial charge in [0.15, 0.2) is 0 Å². The third-order valence-electron chi connectivity index (χ3n) is 3.66. The Morgan fingerprint density at radius 1 is 1.12 bits per heavy atom. The summed E-state index contributed by atoms with van der Waals surface area (Å²) in [6, 6.07) is 8.55. The van der Waals surface area contributed by atoms with Crippen molar-refractivity contribution in [3.63, 3.8) is 0 Å². The predicted molar refractivity (Wildman–Crippen MR) is 94.3 cm³/mol. The van der Waals surface area contributed by atoms with Gasteiger partial charge in [-0.15, -0.1) is 0 Å². The van der Waals surface area contributed by atoms with E-state index in [1.54, 1.807) is 24.3 Å². The minimum atomic E-state index is -0.487. The van der Waals surface area contributed by atoms with Gasteiger partial charge in [-0.1, -0.05) is 15.9 Å². The van der Waals surface area contributed by atoms with Gasteiger partial charge in [-0.3, -0.25) is 18.7 Å². The van der Waals surface area contributed by atoms with Crippen LogP contribution in [0.2, 0.25) is 0 Å². The molecule has 0 saturated heterocycles. The van der Waals surface area contributed by atoms with E-state index in [2.05, 4.69) is 26.2 Å². The van der Waals surface area contributed by atoms with Gasteiger partial charge in [0.1, 0.15) is 5.65 Å². The van der Waals surface area contributed by atoms with Crippen LogP contribution in [-0.2, 0) is 14.1 Å². The number of aryl methyl sites for hydroxylation is 1. The lowest BCUT2D eigenvalue weighted by Crippen LogP contribution is -2.37. The molecule has 3 rings (SSSR count). The van der Waals surface area contributed by atoms with Gasteiger partial charge in [0.2, 0.25) is 0 Å². The fourth-order valence-corrected chi connectivity index (χ4v) is 2.59. The number of carbonyl (C=O) groups excluding carboxylic acids is 1. The molecule has 24 heavy (non-hydrogen) atoms. The number of carbonyl (C=O) groups is 1. The van der Waals surface area contributed by atoms with Crippen LogP contribution in [0.1, 0.15) is 10.4 Å². The van der Waals surface area contributed by atoms with Crippen LogP contribution in [0.15, 0.2) is 50.6 Å². The maximum atomic E-state index is 12.4. The Morgan fingerprint density at radius 2 is 1.79 bits per heavy atom. The lowest BCUT2D eigenvalue weighted by atomic mass is 10.2. The summed E-state index contributed by atoms with van der Waals surface area (Å²) in [4.78, 5) is 40.6. The number of hydrogen-bond acceptors (Lipinski definition) is 4. The predicted octanol–water partition coefficient (Wildman–Crippen LogP) is 1.65. The number of hydrogen-bond donors (Lipinski definition) is 1. The Hall–Kier alpha value is -2.74. The number of pyridine rings is 1. The van der Waals surface area contributed by atoms with Crippen molar-refractivity contribution in [2.45, 2.75) is 0 Å². The SMILES string of the molecule is Cn1c(=O)c2cc(C(=O)Nc3ccc(Br)cc3)cnc2n(C)c1=O. The first kappa shape index (κ1) is 16.1. The normalized spacial score (nSPS) is 10.8. The fourth-order valence-electron chi connectivity index (χ4n) is 2.33. The second-order valence-electron chi connectivity index (χ2n) is 5.26. The van der Waals surface area contributed by atoms with Crippen molar-refractivity contribution in [2.75, 3.05) is 5.32 Å². The summed E-state index contributed by atoms with van der Waals surface area (Å²) in [6.45, 7) is 0. The van der Waals surface area contributed by atoms with Crippen LogP contribution in [0.4, 0.5) is 5.69 Å². The first-order valence-electron chi connectivity index (χ1n) is 7.01. The molecule has 122 valence electrons. The average Bonchev–Trinajstić information content (AvgIpc) is 2.59. The highest BCUT2D eigenvalue weighted by Crippen LogP contribution is 2.15. The largest absolute Gasteiger partial charge is 0.332 e. The van der Waals surface area contributed by atoms with E-state index in [9.17, 15) is 14.4 Å². The summed E-state index contributed by atoms with van der Waals surface area (Å²) in [5.41, 5.74) is 0.145. The standard InChI is InChI=1S/C16H13BrN4O3/c1-20-13-12(15(23)21(2)16(20)24)7-9(8-18-13)14(22)19-11-5-3-10(17)4-6-11/h3-8H,1-2H3,(H,19,22). The molecule has 2 aromatic heterocycles.